The predicted molar refractivity (Wildman–Crippen MR) is 70.6 cm³/mol. The third-order valence-electron chi connectivity index (χ3n) is 3.56. The molecule has 2 heterocycles. The molecular weight excluding hydrogens is 224 g/mol. The fourth-order valence-electron chi connectivity index (χ4n) is 2.64. The Balaban J connectivity index is 2.09. The van der Waals surface area contributed by atoms with Crippen molar-refractivity contribution >= 4 is 0 Å². The minimum Gasteiger partial charge on any atom is -0.508 e. The molecule has 0 unspecified atom stereocenters. The summed E-state index contributed by atoms with van der Waals surface area (Å²) in [5.41, 5.74) is 4.94. The van der Waals surface area contributed by atoms with Gasteiger partial charge in [0, 0.05) is 18.9 Å². The van der Waals surface area contributed by atoms with Gasteiger partial charge in [0.15, 0.2) is 0 Å². The monoisotopic (exact) mass is 240 g/mol. The second-order valence-electron chi connectivity index (χ2n) is 4.75. The van der Waals surface area contributed by atoms with Gasteiger partial charge in [-0.1, -0.05) is 6.07 Å². The Labute approximate surface area is 107 Å². The van der Waals surface area contributed by atoms with Crippen molar-refractivity contribution in [1.82, 2.24) is 10.3 Å². The molecule has 1 aromatic carbocycles. The van der Waals surface area contributed by atoms with Gasteiger partial charge in [-0.3, -0.25) is 4.98 Å². The molecule has 3 heteroatoms. The number of aromatic nitrogens is 1. The fraction of sp³-hybridized carbons (Fsp3) is 0.267. The summed E-state index contributed by atoms with van der Waals surface area (Å²) in [5.74, 6) is 0.348. The molecule has 92 valence electrons. The number of nitrogens with one attached hydrogen (secondary N) is 1. The molecule has 0 spiro atoms. The number of pyridine rings is 1. The Kier molecular flexibility index (Phi) is 2.76. The van der Waals surface area contributed by atoms with Crippen molar-refractivity contribution in [1.29, 1.82) is 0 Å². The quantitative estimate of drug-likeness (QED) is 0.804. The summed E-state index contributed by atoms with van der Waals surface area (Å²) in [6.07, 6.45) is 4.69. The van der Waals surface area contributed by atoms with Gasteiger partial charge in [-0.15, -0.1) is 0 Å². The Bertz CT molecular complexity index is 580. The van der Waals surface area contributed by atoms with Gasteiger partial charge in [0.05, 0.1) is 6.04 Å². The van der Waals surface area contributed by atoms with Crippen LogP contribution < -0.4 is 5.32 Å². The molecule has 1 aromatic heterocycles. The average molecular weight is 240 g/mol. The maximum Gasteiger partial charge on any atom is 0.115 e. The van der Waals surface area contributed by atoms with Crippen LogP contribution >= 0.6 is 0 Å². The standard InChI is InChI=1S/C15H16N2O/c1-10-9-16-6-5-13(10)15-14-3-2-12(18)8-11(14)4-7-17-15/h2-3,5-6,8-9,15,17-18H,4,7H2,1H3/t15-/m1/s1. The molecule has 3 rings (SSSR count). The molecule has 0 amide bonds. The van der Waals surface area contributed by atoms with E-state index >= 15 is 0 Å². The first-order valence-electron chi connectivity index (χ1n) is 6.21. The third kappa shape index (κ3) is 1.87. The number of hydrogen-bond donors (Lipinski definition) is 2. The Morgan fingerprint density at radius 1 is 1.28 bits per heavy atom. The predicted octanol–water partition coefficient (Wildman–Crippen LogP) is 2.33. The van der Waals surface area contributed by atoms with Gasteiger partial charge >= 0.3 is 0 Å². The first kappa shape index (κ1) is 11.2. The zero-order valence-electron chi connectivity index (χ0n) is 10.4. The summed E-state index contributed by atoms with van der Waals surface area (Å²) in [6, 6.07) is 7.92. The van der Waals surface area contributed by atoms with Gasteiger partial charge in [-0.25, -0.2) is 0 Å². The molecule has 18 heavy (non-hydrogen) atoms. The number of phenolic OH excluding ortho intramolecular Hbond substituents is 1. The van der Waals surface area contributed by atoms with E-state index in [0.717, 1.165) is 13.0 Å². The SMILES string of the molecule is Cc1cnccc1[C@H]1NCCc2cc(O)ccc21. The highest BCUT2D eigenvalue weighted by atomic mass is 16.3. The molecule has 1 aliphatic heterocycles. The van der Waals surface area contributed by atoms with E-state index < -0.39 is 0 Å². The minimum atomic E-state index is 0.206. The molecular formula is C15H16N2O. The topological polar surface area (TPSA) is 45.2 Å². The van der Waals surface area contributed by atoms with E-state index in [0.29, 0.717) is 5.75 Å². The molecule has 0 saturated carbocycles. The normalized spacial score (nSPS) is 18.4. The molecule has 0 bridgehead atoms. The average Bonchev–Trinajstić information content (AvgIpc) is 2.38. The van der Waals surface area contributed by atoms with Crippen molar-refractivity contribution < 1.29 is 5.11 Å². The number of hydrogen-bond acceptors (Lipinski definition) is 3. The van der Waals surface area contributed by atoms with Crippen LogP contribution in [0.1, 0.15) is 28.3 Å². The number of aryl methyl sites for hydroxylation is 1. The zero-order chi connectivity index (χ0) is 12.5. The van der Waals surface area contributed by atoms with Crippen molar-refractivity contribution in [2.24, 2.45) is 0 Å². The van der Waals surface area contributed by atoms with Crippen LogP contribution in [0.25, 0.3) is 0 Å². The van der Waals surface area contributed by atoms with Crippen molar-refractivity contribution in [3.05, 3.63) is 58.9 Å². The summed E-state index contributed by atoms with van der Waals surface area (Å²) in [5, 5.41) is 13.1. The molecule has 2 N–H and O–H groups in total. The lowest BCUT2D eigenvalue weighted by Gasteiger charge is -2.28. The van der Waals surface area contributed by atoms with Gasteiger partial charge < -0.3 is 10.4 Å². The Hall–Kier alpha value is -1.87. The number of benzene rings is 1. The maximum atomic E-state index is 9.57. The second-order valence-corrected chi connectivity index (χ2v) is 4.75. The lowest BCUT2D eigenvalue weighted by atomic mass is 9.88. The van der Waals surface area contributed by atoms with Crippen LogP contribution in [0.4, 0.5) is 0 Å². The Morgan fingerprint density at radius 2 is 2.17 bits per heavy atom. The fourth-order valence-corrected chi connectivity index (χ4v) is 2.64. The van der Waals surface area contributed by atoms with Crippen molar-refractivity contribution in [2.75, 3.05) is 6.54 Å². The van der Waals surface area contributed by atoms with Gasteiger partial charge in [0.2, 0.25) is 0 Å². The van der Waals surface area contributed by atoms with Crippen LogP contribution in [-0.2, 0) is 6.42 Å². The Morgan fingerprint density at radius 3 is 3.00 bits per heavy atom. The van der Waals surface area contributed by atoms with E-state index in [1.165, 1.54) is 22.3 Å². The second kappa shape index (κ2) is 4.42. The molecule has 3 nitrogen and oxygen atoms in total. The lowest BCUT2D eigenvalue weighted by molar-refractivity contribution is 0.471. The van der Waals surface area contributed by atoms with Gasteiger partial charge in [0.25, 0.3) is 0 Å². The van der Waals surface area contributed by atoms with E-state index in [9.17, 15) is 5.11 Å². The van der Waals surface area contributed by atoms with Gasteiger partial charge in [-0.05, 0) is 53.8 Å². The number of aromatic hydroxyl groups is 1. The molecule has 0 radical (unpaired) electrons. The smallest absolute Gasteiger partial charge is 0.115 e. The van der Waals surface area contributed by atoms with E-state index in [2.05, 4.69) is 23.3 Å². The van der Waals surface area contributed by atoms with Crippen molar-refractivity contribution in [2.45, 2.75) is 19.4 Å². The highest BCUT2D eigenvalue weighted by Crippen LogP contribution is 2.31. The summed E-state index contributed by atoms with van der Waals surface area (Å²) in [6.45, 7) is 3.02. The summed E-state index contributed by atoms with van der Waals surface area (Å²) in [7, 11) is 0. The molecule has 0 saturated heterocycles. The zero-order valence-corrected chi connectivity index (χ0v) is 10.4. The summed E-state index contributed by atoms with van der Waals surface area (Å²) < 4.78 is 0. The molecule has 1 atom stereocenters. The van der Waals surface area contributed by atoms with Gasteiger partial charge in [0.1, 0.15) is 5.75 Å². The van der Waals surface area contributed by atoms with Crippen LogP contribution in [0.15, 0.2) is 36.7 Å². The first-order valence-corrected chi connectivity index (χ1v) is 6.21. The van der Waals surface area contributed by atoms with Crippen LogP contribution in [0.5, 0.6) is 5.75 Å². The maximum absolute atomic E-state index is 9.57. The van der Waals surface area contributed by atoms with Crippen molar-refractivity contribution in [3.8, 4) is 5.75 Å². The van der Waals surface area contributed by atoms with Crippen LogP contribution in [0.2, 0.25) is 0 Å². The molecule has 1 aliphatic rings. The molecule has 0 fully saturated rings. The van der Waals surface area contributed by atoms with E-state index in [1.807, 2.05) is 24.5 Å². The third-order valence-corrected chi connectivity index (χ3v) is 3.56. The van der Waals surface area contributed by atoms with Crippen molar-refractivity contribution in [3.63, 3.8) is 0 Å². The lowest BCUT2D eigenvalue weighted by Crippen LogP contribution is -2.31. The van der Waals surface area contributed by atoms with Crippen LogP contribution in [0, 0.1) is 6.92 Å². The highest BCUT2D eigenvalue weighted by molar-refractivity contribution is 5.44. The van der Waals surface area contributed by atoms with Crippen LogP contribution in [-0.4, -0.2) is 16.6 Å². The van der Waals surface area contributed by atoms with Crippen LogP contribution in [0.3, 0.4) is 0 Å². The first-order chi connectivity index (χ1) is 8.75. The number of fused-ring (bicyclic) bond motifs is 1. The number of rotatable bonds is 1. The van der Waals surface area contributed by atoms with Gasteiger partial charge in [-0.2, -0.15) is 0 Å². The molecule has 2 aromatic rings. The molecule has 0 aliphatic carbocycles. The largest absolute Gasteiger partial charge is 0.508 e. The van der Waals surface area contributed by atoms with E-state index in [1.54, 1.807) is 6.07 Å². The minimum absolute atomic E-state index is 0.206. The number of phenols is 1. The highest BCUT2D eigenvalue weighted by Gasteiger charge is 2.22. The van der Waals surface area contributed by atoms with E-state index in [-0.39, 0.29) is 6.04 Å². The summed E-state index contributed by atoms with van der Waals surface area (Å²) in [4.78, 5) is 4.14. The summed E-state index contributed by atoms with van der Waals surface area (Å²) >= 11 is 0. The van der Waals surface area contributed by atoms with E-state index in [4.69, 9.17) is 0 Å². The number of nitrogens with zero attached hydrogens (tertiary/aromatic N) is 1.